The largest absolute Gasteiger partial charge is 0.371 e. The second-order valence-corrected chi connectivity index (χ2v) is 13.3. The van der Waals surface area contributed by atoms with Gasteiger partial charge in [-0.2, -0.15) is 9.41 Å². The van der Waals surface area contributed by atoms with Gasteiger partial charge in [-0.25, -0.2) is 8.42 Å². The monoisotopic (exact) mass is 643 g/mol. The van der Waals surface area contributed by atoms with Gasteiger partial charge in [-0.1, -0.05) is 19.3 Å². The summed E-state index contributed by atoms with van der Waals surface area (Å²) in [5.41, 5.74) is 3.40. The minimum absolute atomic E-state index is 0.00154. The average Bonchev–Trinajstić information content (AvgIpc) is 3.05. The highest BCUT2D eigenvalue weighted by Crippen LogP contribution is 2.33. The van der Waals surface area contributed by atoms with E-state index in [0.29, 0.717) is 31.5 Å². The van der Waals surface area contributed by atoms with Gasteiger partial charge in [0, 0.05) is 74.8 Å². The SMILES string of the molecule is CCN(CC)C(=O)[C@H]1CCCN(S(=O)(=O)c2cc([N+](=O)[O-])ccc2N/N=C\c2cc([N+](=O)[O-])ccc2N(C)C2CCCCC2)C1. The van der Waals surface area contributed by atoms with E-state index in [1.807, 2.05) is 20.9 Å². The summed E-state index contributed by atoms with van der Waals surface area (Å²) < 4.78 is 29.1. The second kappa shape index (κ2) is 14.8. The zero-order chi connectivity index (χ0) is 32.7. The second-order valence-electron chi connectivity index (χ2n) is 11.4. The van der Waals surface area contributed by atoms with Crippen molar-refractivity contribution in [1.82, 2.24) is 9.21 Å². The molecule has 1 amide bonds. The predicted octanol–water partition coefficient (Wildman–Crippen LogP) is 4.99. The van der Waals surface area contributed by atoms with Crippen molar-refractivity contribution in [3.8, 4) is 0 Å². The molecular formula is C30H41N7O7S. The van der Waals surface area contributed by atoms with E-state index in [-0.39, 0.29) is 41.3 Å². The summed E-state index contributed by atoms with van der Waals surface area (Å²) in [7, 11) is -2.33. The molecule has 244 valence electrons. The number of carbonyl (C=O) groups is 1. The van der Waals surface area contributed by atoms with Crippen molar-refractivity contribution in [3.05, 3.63) is 62.2 Å². The number of non-ortho nitro benzene ring substituents is 2. The fraction of sp³-hybridized carbons (Fsp3) is 0.533. The van der Waals surface area contributed by atoms with Crippen LogP contribution in [0, 0.1) is 26.1 Å². The van der Waals surface area contributed by atoms with E-state index in [1.165, 1.54) is 41.2 Å². The smallest absolute Gasteiger partial charge is 0.270 e. The van der Waals surface area contributed by atoms with Gasteiger partial charge in [-0.05, 0) is 51.7 Å². The normalized spacial score (nSPS) is 18.1. The van der Waals surface area contributed by atoms with E-state index < -0.39 is 31.5 Å². The Hall–Kier alpha value is -4.11. The summed E-state index contributed by atoms with van der Waals surface area (Å²) in [5.74, 6) is -0.636. The molecule has 0 unspecified atom stereocenters. The maximum absolute atomic E-state index is 13.9. The standard InChI is InChI=1S/C30H41N7O7S/c1-4-34(5-2)30(38)22-10-9-17-35(21-22)45(43,44)29-19-26(37(41)42)13-15-27(29)32-31-20-23-18-25(36(39)40)14-16-28(23)33(3)24-11-7-6-8-12-24/h13-16,18-20,22,24,32H,4-12,17,21H2,1-3H3/b31-20-/t22-/m0/s1. The molecule has 1 heterocycles. The summed E-state index contributed by atoms with van der Waals surface area (Å²) >= 11 is 0. The first-order chi connectivity index (χ1) is 21.5. The Morgan fingerprint density at radius 2 is 1.64 bits per heavy atom. The van der Waals surface area contributed by atoms with Crippen molar-refractivity contribution in [2.45, 2.75) is 69.7 Å². The minimum Gasteiger partial charge on any atom is -0.371 e. The van der Waals surface area contributed by atoms with Crippen LogP contribution < -0.4 is 10.3 Å². The molecule has 2 fully saturated rings. The van der Waals surface area contributed by atoms with Gasteiger partial charge in [0.05, 0.1) is 27.7 Å². The highest BCUT2D eigenvalue weighted by molar-refractivity contribution is 7.89. The Morgan fingerprint density at radius 1 is 1.00 bits per heavy atom. The number of hydrogen-bond acceptors (Lipinski definition) is 10. The van der Waals surface area contributed by atoms with Gasteiger partial charge < -0.3 is 9.80 Å². The Morgan fingerprint density at radius 3 is 2.29 bits per heavy atom. The number of amides is 1. The summed E-state index contributed by atoms with van der Waals surface area (Å²) in [6.45, 7) is 4.89. The number of piperidine rings is 1. The number of nitrogens with zero attached hydrogens (tertiary/aromatic N) is 6. The van der Waals surface area contributed by atoms with Crippen LogP contribution in [0.1, 0.15) is 64.4 Å². The molecule has 0 spiro atoms. The van der Waals surface area contributed by atoms with E-state index in [1.54, 1.807) is 11.0 Å². The molecule has 2 aromatic rings. The van der Waals surface area contributed by atoms with Gasteiger partial charge >= 0.3 is 0 Å². The number of nitrogens with one attached hydrogen (secondary N) is 1. The first-order valence-corrected chi connectivity index (χ1v) is 16.8. The Kier molecular flexibility index (Phi) is 11.1. The van der Waals surface area contributed by atoms with Crippen LogP contribution in [0.25, 0.3) is 0 Å². The number of nitro groups is 2. The number of rotatable bonds is 12. The highest BCUT2D eigenvalue weighted by Gasteiger charge is 2.36. The first kappa shape index (κ1) is 33.8. The third-order valence-corrected chi connectivity index (χ3v) is 10.6. The van der Waals surface area contributed by atoms with E-state index in [4.69, 9.17) is 0 Å². The van der Waals surface area contributed by atoms with Gasteiger partial charge in [0.15, 0.2) is 0 Å². The third kappa shape index (κ3) is 7.76. The zero-order valence-corrected chi connectivity index (χ0v) is 26.7. The van der Waals surface area contributed by atoms with Crippen molar-refractivity contribution < 1.29 is 23.1 Å². The van der Waals surface area contributed by atoms with Gasteiger partial charge in [0.2, 0.25) is 15.9 Å². The van der Waals surface area contributed by atoms with E-state index in [0.717, 1.165) is 37.4 Å². The van der Waals surface area contributed by atoms with Crippen molar-refractivity contribution in [2.24, 2.45) is 11.0 Å². The third-order valence-electron chi connectivity index (χ3n) is 8.72. The molecule has 1 N–H and O–H groups in total. The molecule has 0 radical (unpaired) electrons. The summed E-state index contributed by atoms with van der Waals surface area (Å²) in [6.07, 6.45) is 7.79. The van der Waals surface area contributed by atoms with Crippen molar-refractivity contribution in [2.75, 3.05) is 43.6 Å². The Balaban J connectivity index is 1.65. The van der Waals surface area contributed by atoms with Crippen LogP contribution in [0.4, 0.5) is 22.7 Å². The van der Waals surface area contributed by atoms with Crippen molar-refractivity contribution >= 4 is 44.9 Å². The minimum atomic E-state index is -4.28. The molecule has 0 bridgehead atoms. The number of anilines is 2. The predicted molar refractivity (Wildman–Crippen MR) is 172 cm³/mol. The maximum atomic E-state index is 13.9. The zero-order valence-electron chi connectivity index (χ0n) is 25.9. The molecule has 14 nitrogen and oxygen atoms in total. The molecule has 2 aromatic carbocycles. The topological polar surface area (TPSA) is 172 Å². The summed E-state index contributed by atoms with van der Waals surface area (Å²) in [4.78, 5) is 38.4. The fourth-order valence-corrected chi connectivity index (χ4v) is 7.83. The molecule has 4 rings (SSSR count). The number of benzene rings is 2. The molecule has 1 saturated carbocycles. The molecule has 1 aliphatic heterocycles. The van der Waals surface area contributed by atoms with Gasteiger partial charge in [0.25, 0.3) is 11.4 Å². The summed E-state index contributed by atoms with van der Waals surface area (Å²) in [6, 6.07) is 8.24. The molecule has 0 aromatic heterocycles. The van der Waals surface area contributed by atoms with Crippen molar-refractivity contribution in [1.29, 1.82) is 0 Å². The highest BCUT2D eigenvalue weighted by atomic mass is 32.2. The van der Waals surface area contributed by atoms with Crippen LogP contribution in [0.5, 0.6) is 0 Å². The number of hydrazone groups is 1. The van der Waals surface area contributed by atoms with Gasteiger partial charge in [0.1, 0.15) is 4.90 Å². The number of carbonyl (C=O) groups excluding carboxylic acids is 1. The van der Waals surface area contributed by atoms with Gasteiger partial charge in [-0.15, -0.1) is 0 Å². The van der Waals surface area contributed by atoms with E-state index >= 15 is 0 Å². The van der Waals surface area contributed by atoms with E-state index in [9.17, 15) is 33.4 Å². The van der Waals surface area contributed by atoms with Crippen LogP contribution in [0.3, 0.4) is 0 Å². The number of sulfonamides is 1. The van der Waals surface area contributed by atoms with Crippen LogP contribution in [-0.4, -0.2) is 78.9 Å². The molecule has 15 heteroatoms. The lowest BCUT2D eigenvalue weighted by molar-refractivity contribution is -0.385. The van der Waals surface area contributed by atoms with Crippen LogP contribution in [0.2, 0.25) is 0 Å². The van der Waals surface area contributed by atoms with Gasteiger partial charge in [-0.3, -0.25) is 30.4 Å². The Labute approximate surface area is 263 Å². The Bertz CT molecular complexity index is 1540. The molecular weight excluding hydrogens is 602 g/mol. The molecule has 1 saturated heterocycles. The lowest BCUT2D eigenvalue weighted by Gasteiger charge is -2.34. The maximum Gasteiger partial charge on any atom is 0.270 e. The van der Waals surface area contributed by atoms with Crippen LogP contribution in [-0.2, 0) is 14.8 Å². The molecule has 1 atom stereocenters. The average molecular weight is 644 g/mol. The van der Waals surface area contributed by atoms with E-state index in [2.05, 4.69) is 15.4 Å². The molecule has 1 aliphatic carbocycles. The van der Waals surface area contributed by atoms with Crippen LogP contribution >= 0.6 is 0 Å². The van der Waals surface area contributed by atoms with Crippen LogP contribution in [0.15, 0.2) is 46.4 Å². The quantitative estimate of drug-likeness (QED) is 0.190. The lowest BCUT2D eigenvalue weighted by Crippen LogP contribution is -2.46. The lowest BCUT2D eigenvalue weighted by atomic mass is 9.94. The first-order valence-electron chi connectivity index (χ1n) is 15.4. The summed E-state index contributed by atoms with van der Waals surface area (Å²) in [5, 5.41) is 27.4. The molecule has 2 aliphatic rings. The fourth-order valence-electron chi connectivity index (χ4n) is 6.14. The number of hydrogen-bond donors (Lipinski definition) is 1. The molecule has 45 heavy (non-hydrogen) atoms. The number of nitro benzene ring substituents is 2. The van der Waals surface area contributed by atoms with Crippen molar-refractivity contribution in [3.63, 3.8) is 0 Å².